The van der Waals surface area contributed by atoms with E-state index in [1.807, 2.05) is 18.2 Å². The first-order valence-corrected chi connectivity index (χ1v) is 7.61. The first-order chi connectivity index (χ1) is 10.8. The van der Waals surface area contributed by atoms with Crippen molar-refractivity contribution >= 4 is 40.6 Å². The Kier molecular flexibility index (Phi) is 7.66. The molecule has 0 spiro atoms. The van der Waals surface area contributed by atoms with Gasteiger partial charge < -0.3 is 0 Å². The Morgan fingerprint density at radius 3 is 1.83 bits per heavy atom. The number of halogens is 2. The average Bonchev–Trinajstić information content (AvgIpc) is 2.49. The molecule has 5 heteroatoms. The van der Waals surface area contributed by atoms with Crippen LogP contribution in [0.5, 0.6) is 0 Å². The average molecular weight is 351 g/mol. The second kappa shape index (κ2) is 9.23. The third kappa shape index (κ3) is 6.35. The van der Waals surface area contributed by atoms with E-state index >= 15 is 0 Å². The molecular formula is C18H16Cl2O3. The molecule has 0 N–H and O–H groups in total. The molecule has 3 nitrogen and oxygen atoms in total. The normalized spacial score (nSPS) is 9.57. The van der Waals surface area contributed by atoms with Gasteiger partial charge in [0.2, 0.25) is 5.78 Å². The van der Waals surface area contributed by atoms with Gasteiger partial charge in [-0.1, -0.05) is 53.5 Å². The maximum Gasteiger partial charge on any atom is 0.229 e. The van der Waals surface area contributed by atoms with E-state index in [-0.39, 0.29) is 11.3 Å². The number of Topliss-reactive ketones (excluding diaryl/α,β-unsaturated/α-hetero) is 3. The first kappa shape index (κ1) is 19.1. The van der Waals surface area contributed by atoms with Gasteiger partial charge in [0.05, 0.1) is 5.02 Å². The number of hydrogen-bond acceptors (Lipinski definition) is 3. The van der Waals surface area contributed by atoms with Crippen LogP contribution >= 0.6 is 23.2 Å². The lowest BCUT2D eigenvalue weighted by Crippen LogP contribution is -2.09. The van der Waals surface area contributed by atoms with Gasteiger partial charge >= 0.3 is 0 Å². The third-order valence-corrected chi connectivity index (χ3v) is 3.53. The molecule has 0 aliphatic carbocycles. The minimum absolute atomic E-state index is 0.137. The van der Waals surface area contributed by atoms with Crippen LogP contribution in [0.25, 0.3) is 0 Å². The summed E-state index contributed by atoms with van der Waals surface area (Å²) in [5, 5.41) is 0.986. The quantitative estimate of drug-likeness (QED) is 0.598. The second-order valence-corrected chi connectivity index (χ2v) is 5.65. The van der Waals surface area contributed by atoms with Crippen LogP contribution in [0.4, 0.5) is 0 Å². The highest BCUT2D eigenvalue weighted by Crippen LogP contribution is 2.16. The van der Waals surface area contributed by atoms with Gasteiger partial charge in [0, 0.05) is 23.9 Å². The van der Waals surface area contributed by atoms with Gasteiger partial charge in [-0.15, -0.1) is 0 Å². The molecule has 23 heavy (non-hydrogen) atoms. The van der Waals surface area contributed by atoms with Gasteiger partial charge in [0.25, 0.3) is 0 Å². The van der Waals surface area contributed by atoms with Crippen LogP contribution in [0.1, 0.15) is 29.8 Å². The Labute approximate surface area is 145 Å². The smallest absolute Gasteiger partial charge is 0.229 e. The fourth-order valence-electron chi connectivity index (χ4n) is 1.74. The number of rotatable bonds is 4. The molecule has 0 fully saturated rings. The maximum absolute atomic E-state index is 11.1. The van der Waals surface area contributed by atoms with Crippen LogP contribution in [0.15, 0.2) is 48.5 Å². The molecule has 0 aromatic heterocycles. The number of hydrogen-bond donors (Lipinski definition) is 0. The SMILES string of the molecule is CC(=O)C(=O)c1ccccc1Cl.CC(=O)Cc1ccccc1Cl. The lowest BCUT2D eigenvalue weighted by atomic mass is 10.1. The van der Waals surface area contributed by atoms with Crippen molar-refractivity contribution in [2.24, 2.45) is 0 Å². The van der Waals surface area contributed by atoms with Gasteiger partial charge in [-0.05, 0) is 30.7 Å². The monoisotopic (exact) mass is 350 g/mol. The van der Waals surface area contributed by atoms with Crippen LogP contribution in [0.3, 0.4) is 0 Å². The predicted octanol–water partition coefficient (Wildman–Crippen LogP) is 4.58. The summed E-state index contributed by atoms with van der Waals surface area (Å²) >= 11 is 11.5. The molecule has 0 radical (unpaired) electrons. The molecule has 0 aliphatic heterocycles. The summed E-state index contributed by atoms with van der Waals surface area (Å²) in [7, 11) is 0. The summed E-state index contributed by atoms with van der Waals surface area (Å²) in [6.07, 6.45) is 0.430. The van der Waals surface area contributed by atoms with Crippen molar-refractivity contribution in [2.45, 2.75) is 20.3 Å². The second-order valence-electron chi connectivity index (χ2n) is 4.84. The molecule has 0 aliphatic rings. The molecule has 0 saturated carbocycles. The Balaban J connectivity index is 0.000000231. The molecular weight excluding hydrogens is 335 g/mol. The zero-order valence-electron chi connectivity index (χ0n) is 12.8. The zero-order chi connectivity index (χ0) is 17.4. The summed E-state index contributed by atoms with van der Waals surface area (Å²) < 4.78 is 0. The highest BCUT2D eigenvalue weighted by Gasteiger charge is 2.13. The van der Waals surface area contributed by atoms with E-state index in [1.165, 1.54) is 13.0 Å². The Morgan fingerprint density at radius 2 is 1.35 bits per heavy atom. The molecule has 2 aromatic carbocycles. The summed E-state index contributed by atoms with van der Waals surface area (Å²) in [6, 6.07) is 13.9. The Hall–Kier alpha value is -1.97. The van der Waals surface area contributed by atoms with Crippen molar-refractivity contribution in [3.63, 3.8) is 0 Å². The van der Waals surface area contributed by atoms with Gasteiger partial charge in [0.1, 0.15) is 5.78 Å². The fraction of sp³-hybridized carbons (Fsp3) is 0.167. The largest absolute Gasteiger partial charge is 0.300 e. The Morgan fingerprint density at radius 1 is 0.826 bits per heavy atom. The molecule has 0 atom stereocenters. The van der Waals surface area contributed by atoms with E-state index in [9.17, 15) is 14.4 Å². The van der Waals surface area contributed by atoms with Gasteiger partial charge in [-0.3, -0.25) is 14.4 Å². The van der Waals surface area contributed by atoms with Crippen LogP contribution in [0, 0.1) is 0 Å². The molecule has 0 bridgehead atoms. The lowest BCUT2D eigenvalue weighted by Gasteiger charge is -1.98. The highest BCUT2D eigenvalue weighted by atomic mass is 35.5. The third-order valence-electron chi connectivity index (χ3n) is 2.84. The van der Waals surface area contributed by atoms with Crippen molar-refractivity contribution in [3.05, 3.63) is 69.7 Å². The highest BCUT2D eigenvalue weighted by molar-refractivity contribution is 6.47. The van der Waals surface area contributed by atoms with Crippen molar-refractivity contribution in [3.8, 4) is 0 Å². The van der Waals surface area contributed by atoms with Crippen molar-refractivity contribution in [1.29, 1.82) is 0 Å². The molecule has 0 unspecified atom stereocenters. The van der Waals surface area contributed by atoms with E-state index in [0.29, 0.717) is 16.5 Å². The van der Waals surface area contributed by atoms with E-state index in [4.69, 9.17) is 23.2 Å². The fourth-order valence-corrected chi connectivity index (χ4v) is 2.17. The molecule has 2 aromatic rings. The van der Waals surface area contributed by atoms with Crippen LogP contribution in [-0.4, -0.2) is 17.3 Å². The standard InChI is InChI=1S/C9H7ClO2.C9H9ClO/c1-6(11)9(12)7-4-2-3-5-8(7)10;1-7(11)6-8-4-2-3-5-9(8)10/h2-5H,1H3;2-5H,6H2,1H3. The molecule has 0 heterocycles. The minimum Gasteiger partial charge on any atom is -0.300 e. The zero-order valence-corrected chi connectivity index (χ0v) is 14.3. The number of carbonyl (C=O) groups is 3. The van der Waals surface area contributed by atoms with Crippen molar-refractivity contribution < 1.29 is 14.4 Å². The van der Waals surface area contributed by atoms with Crippen LogP contribution in [-0.2, 0) is 16.0 Å². The topological polar surface area (TPSA) is 51.2 Å². The molecule has 0 amide bonds. The number of ketones is 3. The number of benzene rings is 2. The minimum atomic E-state index is -0.541. The summed E-state index contributed by atoms with van der Waals surface area (Å²) in [5.41, 5.74) is 1.17. The van der Waals surface area contributed by atoms with E-state index in [0.717, 1.165) is 5.56 Å². The van der Waals surface area contributed by atoms with Crippen LogP contribution < -0.4 is 0 Å². The Bertz CT molecular complexity index is 724. The van der Waals surface area contributed by atoms with Gasteiger partial charge in [-0.2, -0.15) is 0 Å². The number of carbonyl (C=O) groups excluding carboxylic acids is 3. The van der Waals surface area contributed by atoms with Crippen molar-refractivity contribution in [1.82, 2.24) is 0 Å². The van der Waals surface area contributed by atoms with Crippen molar-refractivity contribution in [2.75, 3.05) is 0 Å². The van der Waals surface area contributed by atoms with E-state index < -0.39 is 11.6 Å². The lowest BCUT2D eigenvalue weighted by molar-refractivity contribution is -0.116. The molecule has 2 rings (SSSR count). The van der Waals surface area contributed by atoms with Gasteiger partial charge in [-0.25, -0.2) is 0 Å². The molecule has 120 valence electrons. The summed E-state index contributed by atoms with van der Waals surface area (Å²) in [5.74, 6) is -0.901. The first-order valence-electron chi connectivity index (χ1n) is 6.85. The maximum atomic E-state index is 11.1. The van der Waals surface area contributed by atoms with Gasteiger partial charge in [0.15, 0.2) is 5.78 Å². The van der Waals surface area contributed by atoms with Crippen LogP contribution in [0.2, 0.25) is 10.0 Å². The molecule has 0 saturated heterocycles. The predicted molar refractivity (Wildman–Crippen MR) is 92.3 cm³/mol. The van der Waals surface area contributed by atoms with E-state index in [1.54, 1.807) is 31.2 Å². The summed E-state index contributed by atoms with van der Waals surface area (Å²) in [6.45, 7) is 2.79. The summed E-state index contributed by atoms with van der Waals surface area (Å²) in [4.78, 5) is 32.5. The van der Waals surface area contributed by atoms with E-state index in [2.05, 4.69) is 0 Å².